The van der Waals surface area contributed by atoms with Crippen molar-refractivity contribution >= 4 is 133 Å². The average molecular weight is 1880 g/mol. The van der Waals surface area contributed by atoms with Crippen LogP contribution in [0.4, 0.5) is 39.9 Å². The van der Waals surface area contributed by atoms with Crippen LogP contribution in [0.2, 0.25) is 0 Å². The molecule has 4 atom stereocenters. The first-order valence-corrected chi connectivity index (χ1v) is 49.9. The first kappa shape index (κ1) is 96.8. The molecule has 10 N–H and O–H groups in total. The van der Waals surface area contributed by atoms with E-state index in [4.69, 9.17) is 4.74 Å². The fourth-order valence-electron chi connectivity index (χ4n) is 15.9. The van der Waals surface area contributed by atoms with E-state index in [-0.39, 0.29) is 91.7 Å². The summed E-state index contributed by atoms with van der Waals surface area (Å²) in [5, 5.41) is 22.4. The number of nitrogens with one attached hydrogen (secondary N) is 10. The average Bonchev–Trinajstić information content (AvgIpc) is 0.887. The zero-order valence-corrected chi connectivity index (χ0v) is 76.6. The molecule has 133 heavy (non-hydrogen) atoms. The number of fused-ring (bicyclic) bond motifs is 4. The van der Waals surface area contributed by atoms with Crippen molar-refractivity contribution in [3.05, 3.63) is 317 Å². The Morgan fingerprint density at radius 1 is 0.398 bits per heavy atom. The van der Waals surface area contributed by atoms with Crippen molar-refractivity contribution in [2.45, 2.75) is 166 Å². The molecule has 33 heteroatoms. The second kappa shape index (κ2) is 44.5. The number of anilines is 7. The highest BCUT2D eigenvalue weighted by Crippen LogP contribution is 2.35. The number of amides is 8. The van der Waals surface area contributed by atoms with Crippen molar-refractivity contribution in [1.82, 2.24) is 19.7 Å². The van der Waals surface area contributed by atoms with Crippen LogP contribution >= 0.6 is 0 Å². The van der Waals surface area contributed by atoms with Crippen LogP contribution in [0, 0.1) is 6.92 Å². The van der Waals surface area contributed by atoms with Gasteiger partial charge in [0.2, 0.25) is 67.3 Å². The Labute approximate surface area is 773 Å². The van der Waals surface area contributed by atoms with E-state index in [9.17, 15) is 76.8 Å². The van der Waals surface area contributed by atoms with Crippen molar-refractivity contribution < 1.29 is 81.6 Å². The Bertz CT molecular complexity index is 6610. The molecule has 4 aliphatic heterocycles. The number of sulfonamides is 2. The van der Waals surface area contributed by atoms with E-state index in [0.29, 0.717) is 107 Å². The van der Waals surface area contributed by atoms with Gasteiger partial charge in [0.05, 0.1) is 50.0 Å². The van der Waals surface area contributed by atoms with Gasteiger partial charge in [-0.1, -0.05) is 159 Å². The predicted octanol–water partition coefficient (Wildman–Crippen LogP) is 13.8. The maximum absolute atomic E-state index is 13.4. The van der Waals surface area contributed by atoms with Crippen LogP contribution in [0.1, 0.15) is 143 Å². The molecule has 0 saturated heterocycles. The van der Waals surface area contributed by atoms with Crippen LogP contribution in [0.3, 0.4) is 0 Å². The fraction of sp³-hybridized carbons (Fsp3) is 0.260. The Morgan fingerprint density at radius 2 is 0.789 bits per heavy atom. The van der Waals surface area contributed by atoms with E-state index >= 15 is 0 Å². The van der Waals surface area contributed by atoms with Gasteiger partial charge in [-0.25, -0.2) is 38.7 Å². The van der Waals surface area contributed by atoms with Gasteiger partial charge in [0, 0.05) is 83.7 Å². The molecule has 29 nitrogen and oxygen atoms in total. The van der Waals surface area contributed by atoms with E-state index in [1.165, 1.54) is 63.3 Å². The standard InChI is InChI=1S/C26H25N3O5S.C25H25N3O5S.C25H30N2O4S.C24H23N3O4S/c1-17(30)19-7-10-21(11-8-19)27-26(32)24(15-18-5-3-2-4-6-18)29-35(33,34)22-12-13-23-20(16-22)9-14-25(31)28-23;1-33-20-9-5-8-19(16-20)26-25(30)23(14-17-6-3-2-4-7-17)28-34(31,32)21-11-12-22-18(15-21)10-13-24(29)27-22;28-24-15-12-19-16-21(13-14-23(19)27-24)32(30,31)17-22(18-8-4-3-5-9-18)25(29)26-20-10-6-1-2-7-11-20;1-16-6-5-13-25-23(16)27-24(29)20(17-7-3-2-4-8-17)15-32(30,31)19-10-11-21-18(14-19)9-12-22(28)26-21/h2-8,10-13,16,24,29H,9,14-15H2,1H3,(H,27,32)(H,28,31);2-9,11-12,15-16,23,28H,10,13-14H2,1H3,(H,26,30)(H,27,29);3-5,8-9,13-14,16,20,22H,1-2,6-7,10-12,15,17H2,(H,26,29)(H,27,28);2-8,10-11,13-14,20H,9,12,15H2,1H3,(H,26,28)(H,25,27,29). The van der Waals surface area contributed by atoms with Crippen LogP contribution < -0.4 is 56.7 Å². The molecule has 5 aliphatic rings. The lowest BCUT2D eigenvalue weighted by Gasteiger charge is -2.23. The summed E-state index contributed by atoms with van der Waals surface area (Å²) < 4.78 is 117. The third kappa shape index (κ3) is 26.8. The van der Waals surface area contributed by atoms with Gasteiger partial charge < -0.3 is 47.3 Å². The molecule has 0 spiro atoms. The number of carbonyl (C=O) groups excluding carboxylic acids is 9. The summed E-state index contributed by atoms with van der Waals surface area (Å²) in [6.45, 7) is 3.27. The first-order valence-electron chi connectivity index (χ1n) is 43.6. The van der Waals surface area contributed by atoms with E-state index < -0.39 is 81.4 Å². The topological polar surface area (TPSA) is 433 Å². The minimum Gasteiger partial charge on any atom is -0.497 e. The maximum atomic E-state index is 13.4. The van der Waals surface area contributed by atoms with E-state index in [2.05, 4.69) is 57.0 Å². The van der Waals surface area contributed by atoms with E-state index in [1.54, 1.807) is 121 Å². The molecule has 11 aromatic rings. The molecular weight excluding hydrogens is 1770 g/mol. The normalized spacial score (nSPS) is 15.0. The third-order valence-corrected chi connectivity index (χ3v) is 29.6. The number of Topliss-reactive ketones (excluding diaryl/α,β-unsaturated/α-hetero) is 1. The number of ether oxygens (including phenoxy) is 1. The number of pyridine rings is 1. The number of carbonyl (C=O) groups is 9. The van der Waals surface area contributed by atoms with E-state index in [0.717, 1.165) is 64.6 Å². The predicted molar refractivity (Wildman–Crippen MR) is 508 cm³/mol. The molecule has 1 aromatic heterocycles. The van der Waals surface area contributed by atoms with Gasteiger partial charge in [-0.3, -0.25) is 43.2 Å². The van der Waals surface area contributed by atoms with Crippen LogP contribution in [0.15, 0.2) is 281 Å². The van der Waals surface area contributed by atoms with Crippen LogP contribution in [-0.4, -0.2) is 128 Å². The number of methoxy groups -OCH3 is 1. The molecule has 4 unspecified atom stereocenters. The lowest BCUT2D eigenvalue weighted by Crippen LogP contribution is -2.45. The summed E-state index contributed by atoms with van der Waals surface area (Å²) in [7, 11) is -14.1. The minimum absolute atomic E-state index is 0.0177. The van der Waals surface area contributed by atoms with E-state index in [1.807, 2.05) is 110 Å². The molecule has 0 bridgehead atoms. The number of hydrogen-bond donors (Lipinski definition) is 10. The lowest BCUT2D eigenvalue weighted by molar-refractivity contribution is -0.123. The number of aryl methyl sites for hydroxylation is 5. The zero-order valence-electron chi connectivity index (χ0n) is 73.4. The van der Waals surface area contributed by atoms with Gasteiger partial charge >= 0.3 is 0 Å². The molecule has 10 aromatic carbocycles. The van der Waals surface area contributed by atoms with Crippen molar-refractivity contribution in [3.8, 4) is 5.75 Å². The summed E-state index contributed by atoms with van der Waals surface area (Å²) in [6, 6.07) is 69.5. The smallest absolute Gasteiger partial charge is 0.242 e. The van der Waals surface area contributed by atoms with Crippen LogP contribution in [-0.2, 0) is 117 Å². The molecule has 5 heterocycles. The molecular formula is C100H103N11O18S4. The number of hydrogen-bond acceptors (Lipinski definition) is 19. The number of nitrogens with zero attached hydrogens (tertiary/aromatic N) is 1. The summed E-state index contributed by atoms with van der Waals surface area (Å²) >= 11 is 0. The van der Waals surface area contributed by atoms with Crippen molar-refractivity contribution in [2.75, 3.05) is 55.8 Å². The summed E-state index contributed by atoms with van der Waals surface area (Å²) in [4.78, 5) is 115. The minimum atomic E-state index is -4.05. The fourth-order valence-corrected chi connectivity index (χ4v) is 21.5. The highest BCUT2D eigenvalue weighted by Gasteiger charge is 2.35. The Kier molecular flexibility index (Phi) is 32.4. The summed E-state index contributed by atoms with van der Waals surface area (Å²) in [5.41, 5.74) is 10.7. The highest BCUT2D eigenvalue weighted by molar-refractivity contribution is 7.92. The first-order chi connectivity index (χ1) is 63.8. The monoisotopic (exact) mass is 1870 g/mol. The van der Waals surface area contributed by atoms with Crippen LogP contribution in [0.25, 0.3) is 0 Å². The van der Waals surface area contributed by atoms with Gasteiger partial charge in [0.1, 0.15) is 23.7 Å². The van der Waals surface area contributed by atoms with Gasteiger partial charge in [-0.15, -0.1) is 0 Å². The maximum Gasteiger partial charge on any atom is 0.242 e. The highest BCUT2D eigenvalue weighted by atomic mass is 32.2. The molecule has 690 valence electrons. The number of sulfone groups is 2. The second-order valence-corrected chi connectivity index (χ2v) is 40.4. The lowest BCUT2D eigenvalue weighted by atomic mass is 9.99. The van der Waals surface area contributed by atoms with Crippen molar-refractivity contribution in [3.63, 3.8) is 0 Å². The second-order valence-electron chi connectivity index (χ2n) is 32.9. The molecule has 8 amide bonds. The van der Waals surface area contributed by atoms with Gasteiger partial charge in [-0.2, -0.15) is 9.44 Å². The van der Waals surface area contributed by atoms with Crippen molar-refractivity contribution in [2.24, 2.45) is 0 Å². The third-order valence-electron chi connectivity index (χ3n) is 23.2. The molecule has 1 fully saturated rings. The number of rotatable bonds is 28. The Balaban J connectivity index is 0.000000151. The molecule has 0 radical (unpaired) electrons. The van der Waals surface area contributed by atoms with Gasteiger partial charge in [-0.05, 0) is 231 Å². The van der Waals surface area contributed by atoms with Gasteiger partial charge in [0.15, 0.2) is 25.5 Å². The Hall–Kier alpha value is -13.7. The number of ketones is 1. The van der Waals surface area contributed by atoms with Crippen LogP contribution in [0.5, 0.6) is 5.75 Å². The quantitative estimate of drug-likeness (QED) is 0.0161. The SMILES string of the molecule is CC(=O)c1ccc(NC(=O)C(Cc2ccccc2)NS(=O)(=O)c2ccc3c(c2)CCC(=O)N3)cc1.COc1cccc(NC(=O)C(Cc2ccccc2)NS(=O)(=O)c2ccc3c(c2)CCC(=O)N3)c1.Cc1cccnc1NC(=O)C(CS(=O)(=O)c1ccc2c(c1)CCC(=O)N2)c1ccccc1.O=C1CCc2cc(S(=O)(=O)CC(C(=O)NC3CCCCCC3)c3ccccc3)ccc2N1. The largest absolute Gasteiger partial charge is 0.497 e. The Morgan fingerprint density at radius 3 is 1.20 bits per heavy atom. The molecule has 1 aliphatic carbocycles. The van der Waals surface area contributed by atoms with Crippen molar-refractivity contribution in [1.29, 1.82) is 0 Å². The molecule has 16 rings (SSSR count). The zero-order chi connectivity index (χ0) is 94.4. The summed E-state index contributed by atoms with van der Waals surface area (Å²) in [5.74, 6) is -3.54. The number of aromatic nitrogens is 1. The number of benzene rings is 10. The van der Waals surface area contributed by atoms with Gasteiger partial charge in [0.25, 0.3) is 0 Å². The molecule has 1 saturated carbocycles. The summed E-state index contributed by atoms with van der Waals surface area (Å²) in [6.07, 6.45) is 11.4.